The maximum absolute atomic E-state index is 12.7. The zero-order chi connectivity index (χ0) is 18.3. The van der Waals surface area contributed by atoms with Crippen molar-refractivity contribution in [3.05, 3.63) is 0 Å². The number of nitrogens with two attached hydrogens (primary N) is 1. The molecule has 24 heavy (non-hydrogen) atoms. The minimum Gasteiger partial charge on any atom is -0.480 e. The molecule has 2 amide bonds. The molecule has 1 fully saturated rings. The van der Waals surface area contributed by atoms with Crippen LogP contribution >= 0.6 is 0 Å². The quantitative estimate of drug-likeness (QED) is 0.595. The van der Waals surface area contributed by atoms with Crippen LogP contribution in [0, 0.1) is 0 Å². The molecule has 0 saturated carbocycles. The van der Waals surface area contributed by atoms with Crippen molar-refractivity contribution in [2.24, 2.45) is 5.73 Å². The van der Waals surface area contributed by atoms with E-state index in [0.29, 0.717) is 38.8 Å². The van der Waals surface area contributed by atoms with Crippen LogP contribution in [0.3, 0.4) is 0 Å². The van der Waals surface area contributed by atoms with E-state index in [1.807, 2.05) is 0 Å². The summed E-state index contributed by atoms with van der Waals surface area (Å²) in [5.41, 5.74) is 4.80. The predicted octanol–water partition coefficient (Wildman–Crippen LogP) is 1.08. The summed E-state index contributed by atoms with van der Waals surface area (Å²) in [6.07, 6.45) is 2.18. The molecule has 2 unspecified atom stereocenters. The van der Waals surface area contributed by atoms with Crippen LogP contribution in [0.4, 0.5) is 4.79 Å². The smallest absolute Gasteiger partial charge is 0.408 e. The summed E-state index contributed by atoms with van der Waals surface area (Å²) in [6, 6.07) is -1.62. The molecule has 0 spiro atoms. The second kappa shape index (κ2) is 8.86. The second-order valence-corrected chi connectivity index (χ2v) is 7.01. The van der Waals surface area contributed by atoms with Gasteiger partial charge in [-0.3, -0.25) is 4.79 Å². The summed E-state index contributed by atoms with van der Waals surface area (Å²) >= 11 is 0. The Labute approximate surface area is 142 Å². The Morgan fingerprint density at radius 2 is 2.00 bits per heavy atom. The van der Waals surface area contributed by atoms with E-state index in [-0.39, 0.29) is 5.91 Å². The van der Waals surface area contributed by atoms with E-state index in [1.54, 1.807) is 20.8 Å². The second-order valence-electron chi connectivity index (χ2n) is 7.01. The van der Waals surface area contributed by atoms with Gasteiger partial charge in [-0.1, -0.05) is 0 Å². The van der Waals surface area contributed by atoms with Gasteiger partial charge in [-0.2, -0.15) is 0 Å². The predicted molar refractivity (Wildman–Crippen MR) is 88.4 cm³/mol. The van der Waals surface area contributed by atoms with Gasteiger partial charge in [0, 0.05) is 6.54 Å². The van der Waals surface area contributed by atoms with Crippen molar-refractivity contribution in [3.63, 3.8) is 0 Å². The lowest BCUT2D eigenvalue weighted by molar-refractivity contribution is -0.149. The lowest BCUT2D eigenvalue weighted by Gasteiger charge is -2.28. The van der Waals surface area contributed by atoms with Crippen LogP contribution in [0.25, 0.3) is 0 Å². The Morgan fingerprint density at radius 3 is 2.54 bits per heavy atom. The average Bonchev–Trinajstić information content (AvgIpc) is 2.93. The van der Waals surface area contributed by atoms with Crippen LogP contribution in [0.15, 0.2) is 0 Å². The van der Waals surface area contributed by atoms with Crippen molar-refractivity contribution in [1.82, 2.24) is 10.2 Å². The third-order valence-corrected chi connectivity index (χ3v) is 3.76. The summed E-state index contributed by atoms with van der Waals surface area (Å²) in [5.74, 6) is -1.39. The number of carbonyl (C=O) groups is 3. The minimum absolute atomic E-state index is 0.372. The molecule has 1 heterocycles. The zero-order valence-corrected chi connectivity index (χ0v) is 14.7. The third-order valence-electron chi connectivity index (χ3n) is 3.76. The number of carbonyl (C=O) groups excluding carboxylic acids is 2. The number of carboxylic acid groups (broad SMARTS) is 1. The summed E-state index contributed by atoms with van der Waals surface area (Å²) in [5, 5.41) is 11.8. The number of rotatable bonds is 7. The fourth-order valence-corrected chi connectivity index (χ4v) is 2.69. The van der Waals surface area contributed by atoms with Gasteiger partial charge in [0.15, 0.2) is 0 Å². The topological polar surface area (TPSA) is 122 Å². The van der Waals surface area contributed by atoms with Crippen molar-refractivity contribution in [1.29, 1.82) is 0 Å². The molecular formula is C16H29N3O5. The molecule has 8 heteroatoms. The van der Waals surface area contributed by atoms with Crippen LogP contribution in [0.1, 0.15) is 52.9 Å². The molecule has 138 valence electrons. The number of nitrogens with one attached hydrogen (secondary N) is 1. The molecule has 1 rings (SSSR count). The Balaban J connectivity index is 2.78. The van der Waals surface area contributed by atoms with Gasteiger partial charge in [-0.15, -0.1) is 0 Å². The van der Waals surface area contributed by atoms with Crippen LogP contribution < -0.4 is 11.1 Å². The molecule has 0 radical (unpaired) electrons. The van der Waals surface area contributed by atoms with Crippen LogP contribution in [-0.4, -0.2) is 58.8 Å². The van der Waals surface area contributed by atoms with Crippen molar-refractivity contribution >= 4 is 18.0 Å². The SMILES string of the molecule is CC(C)(C)OC(=O)NC(CCCCN)C(=O)N1CCCC1C(=O)O. The van der Waals surface area contributed by atoms with Crippen LogP contribution in [0.5, 0.6) is 0 Å². The lowest BCUT2D eigenvalue weighted by Crippen LogP contribution is -2.52. The van der Waals surface area contributed by atoms with Crippen LogP contribution in [0.2, 0.25) is 0 Å². The number of likely N-dealkylation sites (tertiary alicyclic amines) is 1. The standard InChI is InChI=1S/C16H29N3O5/c1-16(2,3)24-15(23)18-11(7-4-5-9-17)13(20)19-10-6-8-12(19)14(21)22/h11-12H,4-10,17H2,1-3H3,(H,18,23)(H,21,22). The van der Waals surface area contributed by atoms with Gasteiger partial charge in [0.2, 0.25) is 5.91 Å². The Hall–Kier alpha value is -1.83. The highest BCUT2D eigenvalue weighted by Gasteiger charge is 2.37. The van der Waals surface area contributed by atoms with Gasteiger partial charge in [0.05, 0.1) is 0 Å². The van der Waals surface area contributed by atoms with E-state index < -0.39 is 29.7 Å². The van der Waals surface area contributed by atoms with Crippen molar-refractivity contribution in [3.8, 4) is 0 Å². The first-order chi connectivity index (χ1) is 11.2. The number of amides is 2. The summed E-state index contributed by atoms with van der Waals surface area (Å²) in [6.45, 7) is 6.09. The van der Waals surface area contributed by atoms with Gasteiger partial charge in [0.1, 0.15) is 17.7 Å². The number of hydrogen-bond acceptors (Lipinski definition) is 5. The Bertz CT molecular complexity index is 461. The first kappa shape index (κ1) is 20.2. The van der Waals surface area contributed by atoms with Gasteiger partial charge in [-0.25, -0.2) is 9.59 Å². The van der Waals surface area contributed by atoms with Crippen molar-refractivity contribution in [2.45, 2.75) is 70.6 Å². The maximum atomic E-state index is 12.7. The average molecular weight is 343 g/mol. The molecule has 8 nitrogen and oxygen atoms in total. The number of ether oxygens (including phenoxy) is 1. The summed E-state index contributed by atoms with van der Waals surface area (Å²) in [7, 11) is 0. The maximum Gasteiger partial charge on any atom is 0.408 e. The molecule has 0 aliphatic carbocycles. The first-order valence-corrected chi connectivity index (χ1v) is 8.38. The van der Waals surface area contributed by atoms with E-state index in [4.69, 9.17) is 10.5 Å². The molecule has 1 aliphatic heterocycles. The molecular weight excluding hydrogens is 314 g/mol. The highest BCUT2D eigenvalue weighted by atomic mass is 16.6. The van der Waals surface area contributed by atoms with E-state index in [1.165, 1.54) is 4.90 Å². The van der Waals surface area contributed by atoms with Crippen molar-refractivity contribution < 1.29 is 24.2 Å². The van der Waals surface area contributed by atoms with Crippen molar-refractivity contribution in [2.75, 3.05) is 13.1 Å². The number of aliphatic carboxylic acids is 1. The van der Waals surface area contributed by atoms with Gasteiger partial charge in [-0.05, 0) is 59.4 Å². The Kier molecular flexibility index (Phi) is 7.47. The summed E-state index contributed by atoms with van der Waals surface area (Å²) < 4.78 is 5.20. The zero-order valence-electron chi connectivity index (χ0n) is 14.7. The monoisotopic (exact) mass is 343 g/mol. The molecule has 1 saturated heterocycles. The Morgan fingerprint density at radius 1 is 1.33 bits per heavy atom. The molecule has 0 aromatic carbocycles. The van der Waals surface area contributed by atoms with E-state index >= 15 is 0 Å². The van der Waals surface area contributed by atoms with Gasteiger partial charge in [0.25, 0.3) is 0 Å². The molecule has 0 aromatic heterocycles. The molecule has 2 atom stereocenters. The van der Waals surface area contributed by atoms with E-state index in [2.05, 4.69) is 5.32 Å². The fraction of sp³-hybridized carbons (Fsp3) is 0.812. The fourth-order valence-electron chi connectivity index (χ4n) is 2.69. The van der Waals surface area contributed by atoms with Gasteiger partial charge >= 0.3 is 12.1 Å². The normalized spacial score (nSPS) is 19.0. The molecule has 0 bridgehead atoms. The lowest BCUT2D eigenvalue weighted by atomic mass is 10.1. The third kappa shape index (κ3) is 6.35. The van der Waals surface area contributed by atoms with Crippen LogP contribution in [-0.2, 0) is 14.3 Å². The number of hydrogen-bond donors (Lipinski definition) is 3. The number of carboxylic acids is 1. The van der Waals surface area contributed by atoms with Gasteiger partial charge < -0.3 is 25.8 Å². The number of nitrogens with zero attached hydrogens (tertiary/aromatic N) is 1. The largest absolute Gasteiger partial charge is 0.480 e. The minimum atomic E-state index is -1.01. The molecule has 1 aliphatic rings. The highest BCUT2D eigenvalue weighted by Crippen LogP contribution is 2.20. The summed E-state index contributed by atoms with van der Waals surface area (Å²) in [4.78, 5) is 37.3. The highest BCUT2D eigenvalue weighted by molar-refractivity contribution is 5.89. The number of unbranched alkanes of at least 4 members (excludes halogenated alkanes) is 1. The van der Waals surface area contributed by atoms with E-state index in [9.17, 15) is 19.5 Å². The van der Waals surface area contributed by atoms with E-state index in [0.717, 1.165) is 6.42 Å². The first-order valence-electron chi connectivity index (χ1n) is 8.38. The molecule has 0 aromatic rings. The molecule has 4 N–H and O–H groups in total. The number of alkyl carbamates (subject to hydrolysis) is 1.